The highest BCUT2D eigenvalue weighted by Gasteiger charge is 2.45. The molecule has 0 saturated carbocycles. The van der Waals surface area contributed by atoms with Crippen molar-refractivity contribution in [1.82, 2.24) is 94.9 Å². The Balaban J connectivity index is 1.50. The van der Waals surface area contributed by atoms with E-state index in [-0.39, 0.29) is 134 Å². The molecule has 762 valence electrons. The van der Waals surface area contributed by atoms with Gasteiger partial charge in [-0.15, -0.1) is 0 Å². The van der Waals surface area contributed by atoms with Gasteiger partial charge in [0, 0.05) is 38.9 Å². The van der Waals surface area contributed by atoms with Crippen molar-refractivity contribution in [1.29, 1.82) is 5.41 Å². The summed E-state index contributed by atoms with van der Waals surface area (Å²) in [5, 5.41) is 88.8. The predicted octanol–water partition coefficient (Wildman–Crippen LogP) is -8.32. The summed E-state index contributed by atoms with van der Waals surface area (Å²) in [6.45, 7) is 11.6. The minimum atomic E-state index is -1.98. The Hall–Kier alpha value is -13.3. The number of nitrogens with two attached hydrogens (primary N) is 6. The molecule has 0 bridgehead atoms. The molecule has 0 spiro atoms. The molecular weight excluding hydrogens is 1790 g/mol. The minimum absolute atomic E-state index is 0.00255. The number of amides is 19. The first kappa shape index (κ1) is 116. The molecule has 33 N–H and O–H groups in total. The van der Waals surface area contributed by atoms with E-state index in [2.05, 4.69) is 85.1 Å². The van der Waals surface area contributed by atoms with Crippen molar-refractivity contribution >= 4 is 124 Å². The van der Waals surface area contributed by atoms with E-state index in [1.54, 1.807) is 58.0 Å². The second kappa shape index (κ2) is 58.9. The molecule has 19 atom stereocenters. The Morgan fingerprint density at radius 3 is 1.39 bits per heavy atom. The number of aromatic hydroxyl groups is 1. The molecule has 137 heavy (non-hydrogen) atoms. The number of rotatable bonds is 60. The van der Waals surface area contributed by atoms with Crippen LogP contribution in [0, 0.1) is 17.2 Å². The number of carboxylic acids is 1. The lowest BCUT2D eigenvalue weighted by molar-refractivity contribution is -0.145. The normalized spacial score (nSPS) is 17.1. The molecule has 2 aromatic carbocycles. The van der Waals surface area contributed by atoms with Crippen LogP contribution in [0.25, 0.3) is 0 Å². The number of unbranched alkanes of at least 4 members (excludes halogenated alkanes) is 2. The van der Waals surface area contributed by atoms with Crippen molar-refractivity contribution in [3.63, 3.8) is 0 Å². The number of carbonyl (C=O) groups excluding carboxylic acids is 19. The molecule has 0 aliphatic carbocycles. The maximum Gasteiger partial charge on any atom is 0.325 e. The van der Waals surface area contributed by atoms with Gasteiger partial charge in [0.25, 0.3) is 0 Å². The van der Waals surface area contributed by atoms with Crippen LogP contribution in [0.5, 0.6) is 5.75 Å². The summed E-state index contributed by atoms with van der Waals surface area (Å²) in [6, 6.07) is -11.6. The SMILES string of the molecule is CC[C@H](C)[C@H](NC(=O)[C@H](C)NC(=O)CNC(=O)[C@H](Cc1ccc(O)cc1)NC(=O)[C@H](CC(N)=O)NC(=O)[C@H](Cc1ccccc1)NC(=O)[C@H](CO)NC(=O)[C@@H](NC(=O)[C@@H]1CCCN1C(=O)[C@H](CC(C)C)NC(=O)[C@@H]1CCCN1C(=O)[C@H](CCCNC(=N)N)NC(=O)[C@H](C)NC(=O)[C@H](C)NC(=O)[C@H](CCCCN)NC(=O)[C@@H](N)CCC(N)=O)[C@@H](C)O)C(=O)N[C@@H](CCCCN)C(=O)N[C@@H](C)C(=O)O. The number of guanidine groups is 1. The summed E-state index contributed by atoms with van der Waals surface area (Å²) < 4.78 is 0. The molecule has 2 aromatic rings. The summed E-state index contributed by atoms with van der Waals surface area (Å²) in [5.74, 6) is -20.5. The third-order valence-electron chi connectivity index (χ3n) is 22.9. The average molecular weight is 1930 g/mol. The van der Waals surface area contributed by atoms with E-state index in [0.717, 1.165) is 6.92 Å². The quantitative estimate of drug-likeness (QED) is 0.0166. The first-order chi connectivity index (χ1) is 64.6. The van der Waals surface area contributed by atoms with Crippen LogP contribution in [0.1, 0.15) is 183 Å². The Labute approximate surface area is 794 Å². The standard InChI is InChI=1S/C88H141N25O24/c1-10-46(4)69(83(132)103-57(24-15-17-35-90)77(126)101-50(8)87(136)137)110-73(122)47(5)98-68(119)43-97-75(124)59(41-53-28-30-54(116)31-29-53)105-79(128)61(42-67(93)118)107-78(127)60(40-52-21-12-11-13-22-52)106-80(129)63(44-114)109-84(133)70(51(9)115)111-82(131)65-27-20-38-113(65)86(135)62(39-45(2)3)108-81(130)64-26-19-37-112(64)85(134)58(25-18-36-96-88(94)95)104-72(121)49(7)99-71(120)48(6)100-76(125)56(23-14-16-34-89)102-74(123)55(91)32-33-66(92)117/h11-13,21-22,28-31,45-51,55-65,69-70,114-116H,10,14-20,23-27,32-44,89-91H2,1-9H3,(H2,92,117)(H2,93,118)(H,97,124)(H,98,119)(H,99,120)(H,100,125)(H,101,126)(H,102,123)(H,103,132)(H,104,121)(H,105,128)(H,106,129)(H,107,127)(H,108,130)(H,109,133)(H,110,122)(H,111,131)(H,136,137)(H4,94,95,96)/t46-,47-,48-,49-,50-,51+,55-,56-,57-,58-,59-,60-,61-,62-,63-,64-,65-,69-,70-/m0/s1. The van der Waals surface area contributed by atoms with E-state index in [4.69, 9.17) is 39.8 Å². The number of carbonyl (C=O) groups is 20. The molecule has 2 saturated heterocycles. The second-order valence-electron chi connectivity index (χ2n) is 34.7. The van der Waals surface area contributed by atoms with Crippen LogP contribution >= 0.6 is 0 Å². The lowest BCUT2D eigenvalue weighted by atomic mass is 9.97. The fraction of sp³-hybridized carbons (Fsp3) is 0.625. The van der Waals surface area contributed by atoms with E-state index in [0.29, 0.717) is 43.2 Å². The molecule has 0 aromatic heterocycles. The Kier molecular flexibility index (Phi) is 49.9. The molecule has 2 fully saturated rings. The molecule has 19 amide bonds. The number of carboxylic acid groups (broad SMARTS) is 1. The van der Waals surface area contributed by atoms with Gasteiger partial charge >= 0.3 is 5.97 Å². The van der Waals surface area contributed by atoms with Gasteiger partial charge in [-0.05, 0) is 173 Å². The lowest BCUT2D eigenvalue weighted by Crippen LogP contribution is -2.62. The molecule has 0 radical (unpaired) electrons. The van der Waals surface area contributed by atoms with Crippen molar-refractivity contribution in [2.75, 3.05) is 45.9 Å². The third-order valence-corrected chi connectivity index (χ3v) is 22.9. The van der Waals surface area contributed by atoms with Gasteiger partial charge in [0.05, 0.1) is 31.7 Å². The highest BCUT2D eigenvalue weighted by Crippen LogP contribution is 2.25. The van der Waals surface area contributed by atoms with E-state index in [1.165, 1.54) is 61.8 Å². The lowest BCUT2D eigenvalue weighted by Gasteiger charge is -2.33. The van der Waals surface area contributed by atoms with Crippen molar-refractivity contribution in [2.45, 2.75) is 293 Å². The van der Waals surface area contributed by atoms with Crippen LogP contribution in [-0.2, 0) is 109 Å². The summed E-state index contributed by atoms with van der Waals surface area (Å²) in [6.07, 6.45) is -0.945. The van der Waals surface area contributed by atoms with E-state index >= 15 is 0 Å². The van der Waals surface area contributed by atoms with Crippen molar-refractivity contribution < 1.29 is 116 Å². The molecule has 2 heterocycles. The molecular formula is C88H141N25O24. The highest BCUT2D eigenvalue weighted by atomic mass is 16.4. The summed E-state index contributed by atoms with van der Waals surface area (Å²) >= 11 is 0. The third kappa shape index (κ3) is 39.9. The predicted molar refractivity (Wildman–Crippen MR) is 495 cm³/mol. The first-order valence-corrected chi connectivity index (χ1v) is 45.9. The zero-order chi connectivity index (χ0) is 103. The molecule has 49 heteroatoms. The van der Waals surface area contributed by atoms with Gasteiger partial charge in [-0.25, -0.2) is 0 Å². The number of aliphatic carboxylic acids is 1. The van der Waals surface area contributed by atoms with Crippen molar-refractivity contribution in [2.24, 2.45) is 46.2 Å². The zero-order valence-electron chi connectivity index (χ0n) is 78.9. The van der Waals surface area contributed by atoms with Crippen LogP contribution in [0.4, 0.5) is 0 Å². The molecule has 0 unspecified atom stereocenters. The molecule has 49 nitrogen and oxygen atoms in total. The van der Waals surface area contributed by atoms with Crippen LogP contribution in [0.15, 0.2) is 54.6 Å². The number of phenols is 1. The fourth-order valence-electron chi connectivity index (χ4n) is 14.8. The Bertz CT molecular complexity index is 4480. The number of aliphatic hydroxyl groups is 2. The number of hydrogen-bond donors (Lipinski definition) is 27. The van der Waals surface area contributed by atoms with Gasteiger partial charge in [0.2, 0.25) is 112 Å². The van der Waals surface area contributed by atoms with Gasteiger partial charge in [-0.1, -0.05) is 76.6 Å². The maximum absolute atomic E-state index is 14.9. The van der Waals surface area contributed by atoms with Gasteiger partial charge < -0.3 is 150 Å². The maximum atomic E-state index is 14.9. The van der Waals surface area contributed by atoms with Crippen LogP contribution in [0.3, 0.4) is 0 Å². The number of nitrogens with one attached hydrogen (secondary N) is 17. The van der Waals surface area contributed by atoms with E-state index in [1.807, 2.05) is 0 Å². The number of benzene rings is 2. The van der Waals surface area contributed by atoms with Crippen molar-refractivity contribution in [3.05, 3.63) is 65.7 Å². The van der Waals surface area contributed by atoms with Gasteiger partial charge in [0.1, 0.15) is 102 Å². The average Bonchev–Trinajstić information content (AvgIpc) is 1.68. The van der Waals surface area contributed by atoms with Gasteiger partial charge in [-0.2, -0.15) is 0 Å². The van der Waals surface area contributed by atoms with E-state index < -0.39 is 253 Å². The second-order valence-corrected chi connectivity index (χ2v) is 34.7. The number of likely N-dealkylation sites (tertiary alicyclic amines) is 2. The topological polar surface area (TPSA) is 801 Å². The first-order valence-electron chi connectivity index (χ1n) is 45.9. The molecule has 4 rings (SSSR count). The molecule has 2 aliphatic heterocycles. The molecule has 2 aliphatic rings. The number of phenolic OH excluding ortho intramolecular Hbond substituents is 1. The number of aliphatic hydroxyl groups excluding tert-OH is 2. The Morgan fingerprint density at radius 2 is 0.883 bits per heavy atom. The summed E-state index contributed by atoms with van der Waals surface area (Å²) in [4.78, 5) is 277. The van der Waals surface area contributed by atoms with Crippen LogP contribution in [0.2, 0.25) is 0 Å². The van der Waals surface area contributed by atoms with E-state index in [9.17, 15) is 116 Å². The number of nitrogens with zero attached hydrogens (tertiary/aromatic N) is 2. The minimum Gasteiger partial charge on any atom is -0.508 e. The highest BCUT2D eigenvalue weighted by molar-refractivity contribution is 6.02. The van der Waals surface area contributed by atoms with Crippen LogP contribution < -0.4 is 119 Å². The summed E-state index contributed by atoms with van der Waals surface area (Å²) in [5.41, 5.74) is 34.3. The Morgan fingerprint density at radius 1 is 0.445 bits per heavy atom. The largest absolute Gasteiger partial charge is 0.508 e. The fourth-order valence-corrected chi connectivity index (χ4v) is 14.8. The van der Waals surface area contributed by atoms with Gasteiger partial charge in [-0.3, -0.25) is 101 Å². The van der Waals surface area contributed by atoms with Crippen LogP contribution in [-0.4, -0.2) is 309 Å². The summed E-state index contributed by atoms with van der Waals surface area (Å²) in [7, 11) is 0. The number of hydrogen-bond acceptors (Lipinski definition) is 27. The zero-order valence-corrected chi connectivity index (χ0v) is 78.9. The smallest absolute Gasteiger partial charge is 0.325 e. The van der Waals surface area contributed by atoms with Gasteiger partial charge in [0.15, 0.2) is 5.96 Å². The monoisotopic (exact) mass is 1930 g/mol. The number of primary amides is 2. The van der Waals surface area contributed by atoms with Crippen molar-refractivity contribution in [3.8, 4) is 5.75 Å².